The van der Waals surface area contributed by atoms with Crippen LogP contribution in [0.5, 0.6) is 46.0 Å². The van der Waals surface area contributed by atoms with Crippen LogP contribution in [-0.2, 0) is 0 Å². The van der Waals surface area contributed by atoms with Gasteiger partial charge in [0.25, 0.3) is 13.4 Å². The first-order valence-corrected chi connectivity index (χ1v) is 28.1. The highest BCUT2D eigenvalue weighted by Gasteiger charge is 2.42. The Hall–Kier alpha value is -10.0. The second-order valence-electron chi connectivity index (χ2n) is 21.3. The molecule has 12 aromatic carbocycles. The number of nitrogens with zero attached hydrogens (tertiary/aromatic N) is 1. The highest BCUT2D eigenvalue weighted by Crippen LogP contribution is 2.50. The van der Waals surface area contributed by atoms with Gasteiger partial charge in [0.15, 0.2) is 0 Å². The summed E-state index contributed by atoms with van der Waals surface area (Å²) in [6.45, 7) is 0.0659. The molecule has 4 aliphatic rings. The van der Waals surface area contributed by atoms with E-state index in [0.717, 1.165) is 118 Å². The topological polar surface area (TPSA) is 41.9 Å². The van der Waals surface area contributed by atoms with Crippen molar-refractivity contribution < 1.29 is 18.9 Å². The van der Waals surface area contributed by atoms with Crippen molar-refractivity contribution in [3.63, 3.8) is 0 Å². The van der Waals surface area contributed by atoms with Crippen LogP contribution in [0.1, 0.15) is 0 Å². The molecule has 0 amide bonds. The molecule has 0 fully saturated rings. The van der Waals surface area contributed by atoms with Gasteiger partial charge in [0.2, 0.25) is 0 Å². The molecule has 0 saturated heterocycles. The molecule has 0 saturated carbocycles. The number of hydrogen-bond acceptors (Lipinski definition) is 5. The van der Waals surface area contributed by atoms with Crippen molar-refractivity contribution in [2.24, 2.45) is 0 Å². The van der Waals surface area contributed by atoms with Crippen LogP contribution in [0, 0.1) is 0 Å². The summed E-state index contributed by atoms with van der Waals surface area (Å²) in [5, 5.41) is 4.93. The molecule has 0 bridgehead atoms. The van der Waals surface area contributed by atoms with Gasteiger partial charge in [0.1, 0.15) is 46.0 Å². The summed E-state index contributed by atoms with van der Waals surface area (Å²) in [4.78, 5) is 0. The van der Waals surface area contributed by atoms with Crippen molar-refractivity contribution in [3.05, 3.63) is 249 Å². The first-order chi connectivity index (χ1) is 39.6. The molecule has 18 rings (SSSR count). The van der Waals surface area contributed by atoms with Gasteiger partial charge in [-0.05, 0) is 134 Å². The van der Waals surface area contributed by atoms with E-state index < -0.39 is 0 Å². The average Bonchev–Trinajstić information content (AvgIpc) is 4.27. The standard InChI is InChI=1S/C72H41B2NO4S/c1-2-15-48(16-3-1)75-58-24-9-4-17-50(58)53-41-52(45-35-31-43(32-36-45)47-39-65-69-66(40-47)79-62-28-13-8-23-57(62)74(69)56-22-7-12-27-61(56)78-65)72-67(70(53)75)51-19-14-18-49(71(51)80-72)44-33-29-42(30-34-44)46-37-63-68-64(38-46)77-60-26-11-6-21-55(60)73(68)54-20-5-10-25-59(54)76-63/h1-41H. The first kappa shape index (κ1) is 44.0. The molecule has 14 aromatic rings. The Morgan fingerprint density at radius 1 is 0.300 bits per heavy atom. The van der Waals surface area contributed by atoms with E-state index >= 15 is 0 Å². The van der Waals surface area contributed by atoms with Gasteiger partial charge in [-0.3, -0.25) is 0 Å². The highest BCUT2D eigenvalue weighted by atomic mass is 32.1. The third kappa shape index (κ3) is 6.36. The number of fused-ring (bicyclic) bond motifs is 15. The van der Waals surface area contributed by atoms with Crippen molar-refractivity contribution in [3.8, 4) is 96.2 Å². The smallest absolute Gasteiger partial charge is 0.260 e. The molecule has 80 heavy (non-hydrogen) atoms. The molecule has 0 radical (unpaired) electrons. The maximum Gasteiger partial charge on any atom is 0.260 e. The zero-order chi connectivity index (χ0) is 52.2. The molecule has 370 valence electrons. The lowest BCUT2D eigenvalue weighted by atomic mass is 9.35. The SMILES string of the molecule is c1ccc(-n2c3ccccc3c3cc(-c4ccc(-c5cc6c7c(c5)Oc5ccccc5B7c5ccccc5O6)cc4)c4sc5c(-c6ccc(-c7cc8c9c(c7)Oc7ccccc7B9c7ccccc7O8)cc6)cccc5c4c32)cc1. The van der Waals surface area contributed by atoms with Gasteiger partial charge < -0.3 is 23.5 Å². The van der Waals surface area contributed by atoms with E-state index in [-0.39, 0.29) is 13.4 Å². The third-order valence-corrected chi connectivity index (χ3v) is 18.3. The van der Waals surface area contributed by atoms with Gasteiger partial charge in [0.05, 0.1) is 11.0 Å². The number of benzene rings is 12. The molecule has 0 unspecified atom stereocenters. The minimum atomic E-state index is 0.0304. The predicted octanol–water partition coefficient (Wildman–Crippen LogP) is 15.3. The lowest BCUT2D eigenvalue weighted by Gasteiger charge is -2.33. The Labute approximate surface area is 465 Å². The van der Waals surface area contributed by atoms with Crippen LogP contribution in [0.2, 0.25) is 0 Å². The van der Waals surface area contributed by atoms with Gasteiger partial charge in [-0.25, -0.2) is 0 Å². The van der Waals surface area contributed by atoms with E-state index in [0.29, 0.717) is 0 Å². The molecule has 5 nitrogen and oxygen atoms in total. The first-order valence-electron chi connectivity index (χ1n) is 27.3. The fraction of sp³-hybridized carbons (Fsp3) is 0. The lowest BCUT2D eigenvalue weighted by molar-refractivity contribution is 0.464. The Bertz CT molecular complexity index is 4830. The Morgan fingerprint density at radius 3 is 1.24 bits per heavy atom. The second kappa shape index (κ2) is 16.7. The average molecular weight is 1040 g/mol. The van der Waals surface area contributed by atoms with E-state index in [1.165, 1.54) is 53.1 Å². The van der Waals surface area contributed by atoms with Gasteiger partial charge in [-0.1, -0.05) is 176 Å². The lowest BCUT2D eigenvalue weighted by Crippen LogP contribution is -2.57. The molecule has 0 aliphatic carbocycles. The normalized spacial score (nSPS) is 13.1. The number of rotatable bonds is 5. The van der Waals surface area contributed by atoms with Crippen molar-refractivity contribution in [2.75, 3.05) is 0 Å². The largest absolute Gasteiger partial charge is 0.458 e. The maximum absolute atomic E-state index is 6.71. The van der Waals surface area contributed by atoms with E-state index in [4.69, 9.17) is 18.9 Å². The highest BCUT2D eigenvalue weighted by molar-refractivity contribution is 7.27. The van der Waals surface area contributed by atoms with Gasteiger partial charge in [-0.15, -0.1) is 11.3 Å². The molecule has 2 aromatic heterocycles. The zero-order valence-electron chi connectivity index (χ0n) is 42.8. The fourth-order valence-corrected chi connectivity index (χ4v) is 14.9. The van der Waals surface area contributed by atoms with Crippen LogP contribution < -0.4 is 51.7 Å². The third-order valence-electron chi connectivity index (χ3n) is 17.1. The Morgan fingerprint density at radius 2 is 0.725 bits per heavy atom. The molecular weight excluding hydrogens is 996 g/mol. The summed E-state index contributed by atoms with van der Waals surface area (Å²) in [7, 11) is 0. The van der Waals surface area contributed by atoms with E-state index in [9.17, 15) is 0 Å². The molecule has 0 spiro atoms. The maximum atomic E-state index is 6.71. The summed E-state index contributed by atoms with van der Waals surface area (Å²) in [6.07, 6.45) is 0. The number of thiophene rings is 1. The molecule has 0 atom stereocenters. The summed E-state index contributed by atoms with van der Waals surface area (Å²) in [6, 6.07) is 89.4. The van der Waals surface area contributed by atoms with Crippen LogP contribution in [0.4, 0.5) is 0 Å². The monoisotopic (exact) mass is 1040 g/mol. The second-order valence-corrected chi connectivity index (χ2v) is 22.4. The predicted molar refractivity (Wildman–Crippen MR) is 331 cm³/mol. The van der Waals surface area contributed by atoms with Gasteiger partial charge in [0, 0.05) is 53.1 Å². The fourth-order valence-electron chi connectivity index (χ4n) is 13.5. The summed E-state index contributed by atoms with van der Waals surface area (Å²) in [5.41, 5.74) is 19.3. The van der Waals surface area contributed by atoms with Crippen molar-refractivity contribution in [1.82, 2.24) is 4.57 Å². The summed E-state index contributed by atoms with van der Waals surface area (Å²) >= 11 is 1.89. The summed E-state index contributed by atoms with van der Waals surface area (Å²) in [5.74, 6) is 6.88. The number of hydrogen-bond donors (Lipinski definition) is 0. The van der Waals surface area contributed by atoms with Crippen LogP contribution in [-0.4, -0.2) is 18.0 Å². The minimum Gasteiger partial charge on any atom is -0.458 e. The van der Waals surface area contributed by atoms with Gasteiger partial charge in [-0.2, -0.15) is 0 Å². The molecule has 0 N–H and O–H groups in total. The quantitative estimate of drug-likeness (QED) is 0.161. The van der Waals surface area contributed by atoms with Crippen LogP contribution in [0.15, 0.2) is 249 Å². The minimum absolute atomic E-state index is 0.0304. The van der Waals surface area contributed by atoms with E-state index in [1.807, 2.05) is 35.6 Å². The number of para-hydroxylation sites is 6. The zero-order valence-corrected chi connectivity index (χ0v) is 43.6. The van der Waals surface area contributed by atoms with Crippen molar-refractivity contribution in [1.29, 1.82) is 0 Å². The number of ether oxygens (including phenoxy) is 4. The van der Waals surface area contributed by atoms with Crippen LogP contribution >= 0.6 is 11.3 Å². The van der Waals surface area contributed by atoms with E-state index in [1.54, 1.807) is 0 Å². The van der Waals surface area contributed by atoms with Crippen LogP contribution in [0.3, 0.4) is 0 Å². The van der Waals surface area contributed by atoms with E-state index in [2.05, 4.69) is 229 Å². The van der Waals surface area contributed by atoms with Gasteiger partial charge >= 0.3 is 0 Å². The molecular formula is C72H41B2NO4S. The Balaban J connectivity index is 0.779. The molecule has 4 aliphatic heterocycles. The molecule has 6 heterocycles. The summed E-state index contributed by atoms with van der Waals surface area (Å²) < 4.78 is 31.8. The molecule has 8 heteroatoms. The van der Waals surface area contributed by atoms with Crippen LogP contribution in [0.25, 0.3) is 92.2 Å². The Kier molecular flexibility index (Phi) is 9.22. The van der Waals surface area contributed by atoms with Crippen molar-refractivity contribution in [2.45, 2.75) is 0 Å². The van der Waals surface area contributed by atoms with Crippen molar-refractivity contribution >= 4 is 99.5 Å². The number of aromatic nitrogens is 1.